The van der Waals surface area contributed by atoms with Gasteiger partial charge in [0.1, 0.15) is 10.7 Å². The van der Waals surface area contributed by atoms with E-state index >= 15 is 0 Å². The lowest BCUT2D eigenvalue weighted by atomic mass is 10.2. The Morgan fingerprint density at radius 2 is 2.11 bits per heavy atom. The van der Waals surface area contributed by atoms with Gasteiger partial charge in [-0.25, -0.2) is 12.8 Å². The number of nitrogens with one attached hydrogen (secondary N) is 1. The zero-order valence-electron chi connectivity index (χ0n) is 10.9. The molecule has 1 N–H and O–H groups in total. The zero-order valence-corrected chi connectivity index (χ0v) is 12.5. The first-order chi connectivity index (χ1) is 8.43. The summed E-state index contributed by atoms with van der Waals surface area (Å²) in [6.45, 7) is 4.81. The Morgan fingerprint density at radius 3 is 2.74 bits per heavy atom. The van der Waals surface area contributed by atoms with Gasteiger partial charge in [-0.2, -0.15) is 4.31 Å². The quantitative estimate of drug-likeness (QED) is 0.901. The van der Waals surface area contributed by atoms with Crippen LogP contribution in [0, 0.1) is 12.7 Å². The lowest BCUT2D eigenvalue weighted by Crippen LogP contribution is -2.51. The predicted octanol–water partition coefficient (Wildman–Crippen LogP) is 1.54. The average Bonchev–Trinajstić information content (AvgIpc) is 2.32. The van der Waals surface area contributed by atoms with Crippen LogP contribution in [-0.2, 0) is 10.0 Å². The number of hydrogen-bond acceptors (Lipinski definition) is 3. The van der Waals surface area contributed by atoms with E-state index in [1.165, 1.54) is 10.4 Å². The van der Waals surface area contributed by atoms with Gasteiger partial charge in [-0.1, -0.05) is 12.1 Å². The van der Waals surface area contributed by atoms with E-state index in [0.29, 0.717) is 25.2 Å². The number of piperazine rings is 1. The first-order valence-electron chi connectivity index (χ1n) is 5.91. The van der Waals surface area contributed by atoms with E-state index in [0.717, 1.165) is 0 Å². The van der Waals surface area contributed by atoms with E-state index in [4.69, 9.17) is 0 Å². The SMILES string of the molecule is Cc1cccc(S(=O)(=O)N2CCNC(C)C2)c1F.Cl. The van der Waals surface area contributed by atoms with Crippen LogP contribution in [0.5, 0.6) is 0 Å². The lowest BCUT2D eigenvalue weighted by Gasteiger charge is -2.31. The molecule has 1 aromatic carbocycles. The molecule has 0 spiro atoms. The highest BCUT2D eigenvalue weighted by Crippen LogP contribution is 2.22. The summed E-state index contributed by atoms with van der Waals surface area (Å²) in [5.74, 6) is -0.649. The molecule has 4 nitrogen and oxygen atoms in total. The molecule has 7 heteroatoms. The Hall–Kier alpha value is -0.690. The van der Waals surface area contributed by atoms with Gasteiger partial charge in [0.05, 0.1) is 0 Å². The Morgan fingerprint density at radius 1 is 1.42 bits per heavy atom. The molecule has 0 bridgehead atoms. The smallest absolute Gasteiger partial charge is 0.246 e. The fourth-order valence-electron chi connectivity index (χ4n) is 2.07. The van der Waals surface area contributed by atoms with E-state index in [9.17, 15) is 12.8 Å². The van der Waals surface area contributed by atoms with Crippen LogP contribution in [0.15, 0.2) is 23.1 Å². The van der Waals surface area contributed by atoms with Crippen molar-refractivity contribution in [1.82, 2.24) is 9.62 Å². The summed E-state index contributed by atoms with van der Waals surface area (Å²) in [6.07, 6.45) is 0. The van der Waals surface area contributed by atoms with Crippen molar-refractivity contribution in [3.63, 3.8) is 0 Å². The Bertz CT molecular complexity index is 551. The molecular formula is C12H18ClFN2O2S. The predicted molar refractivity (Wildman–Crippen MR) is 74.6 cm³/mol. The van der Waals surface area contributed by atoms with E-state index in [1.807, 2.05) is 6.92 Å². The topological polar surface area (TPSA) is 49.4 Å². The highest BCUT2D eigenvalue weighted by atomic mass is 35.5. The number of rotatable bonds is 2. The normalized spacial score (nSPS) is 20.9. The second kappa shape index (κ2) is 6.17. The summed E-state index contributed by atoms with van der Waals surface area (Å²) in [6, 6.07) is 4.54. The van der Waals surface area contributed by atoms with Gasteiger partial charge in [0.25, 0.3) is 0 Å². The Balaban J connectivity index is 0.00000180. The van der Waals surface area contributed by atoms with Crippen LogP contribution in [0.25, 0.3) is 0 Å². The van der Waals surface area contributed by atoms with Crippen LogP contribution in [0.3, 0.4) is 0 Å². The molecule has 1 aliphatic heterocycles. The van der Waals surface area contributed by atoms with Crippen molar-refractivity contribution < 1.29 is 12.8 Å². The minimum Gasteiger partial charge on any atom is -0.312 e. The van der Waals surface area contributed by atoms with Gasteiger partial charge in [0.15, 0.2) is 0 Å². The largest absolute Gasteiger partial charge is 0.312 e. The van der Waals surface area contributed by atoms with Crippen molar-refractivity contribution >= 4 is 22.4 Å². The molecule has 0 aromatic heterocycles. The number of hydrogen-bond donors (Lipinski definition) is 1. The molecule has 0 radical (unpaired) electrons. The molecule has 0 amide bonds. The standard InChI is InChI=1S/C12H17FN2O2S.ClH/c1-9-4-3-5-11(12(9)13)18(16,17)15-7-6-14-10(2)8-15;/h3-5,10,14H,6-8H2,1-2H3;1H. The number of halogens is 2. The first-order valence-corrected chi connectivity index (χ1v) is 7.35. The monoisotopic (exact) mass is 308 g/mol. The van der Waals surface area contributed by atoms with E-state index in [2.05, 4.69) is 5.32 Å². The maximum atomic E-state index is 13.9. The van der Waals surface area contributed by atoms with Gasteiger partial charge in [-0.05, 0) is 25.5 Å². The van der Waals surface area contributed by atoms with Gasteiger partial charge < -0.3 is 5.32 Å². The second-order valence-electron chi connectivity index (χ2n) is 4.61. The van der Waals surface area contributed by atoms with Crippen molar-refractivity contribution in [1.29, 1.82) is 0 Å². The van der Waals surface area contributed by atoms with Crippen molar-refractivity contribution in [2.45, 2.75) is 24.8 Å². The van der Waals surface area contributed by atoms with Crippen molar-refractivity contribution in [2.24, 2.45) is 0 Å². The van der Waals surface area contributed by atoms with E-state index in [-0.39, 0.29) is 23.3 Å². The highest BCUT2D eigenvalue weighted by Gasteiger charge is 2.30. The summed E-state index contributed by atoms with van der Waals surface area (Å²) in [5.41, 5.74) is 0.347. The summed E-state index contributed by atoms with van der Waals surface area (Å²) in [4.78, 5) is -0.225. The molecule has 1 unspecified atom stereocenters. The summed E-state index contributed by atoms with van der Waals surface area (Å²) in [7, 11) is -3.73. The van der Waals surface area contributed by atoms with Gasteiger partial charge in [-0.3, -0.25) is 0 Å². The van der Waals surface area contributed by atoms with Crippen LogP contribution in [0.1, 0.15) is 12.5 Å². The maximum Gasteiger partial charge on any atom is 0.246 e. The third-order valence-corrected chi connectivity index (χ3v) is 4.99. The van der Waals surface area contributed by atoms with Crippen molar-refractivity contribution in [3.8, 4) is 0 Å². The third-order valence-electron chi connectivity index (χ3n) is 3.11. The zero-order chi connectivity index (χ0) is 13.3. The summed E-state index contributed by atoms with van der Waals surface area (Å²) in [5, 5.41) is 3.16. The fraction of sp³-hybridized carbons (Fsp3) is 0.500. The minimum absolute atomic E-state index is 0. The van der Waals surface area contributed by atoms with Crippen LogP contribution in [0.4, 0.5) is 4.39 Å². The number of aryl methyl sites for hydroxylation is 1. The fourth-order valence-corrected chi connectivity index (χ4v) is 3.74. The average molecular weight is 309 g/mol. The van der Waals surface area contributed by atoms with Crippen molar-refractivity contribution in [2.75, 3.05) is 19.6 Å². The van der Waals surface area contributed by atoms with Crippen molar-refractivity contribution in [3.05, 3.63) is 29.6 Å². The molecule has 1 atom stereocenters. The number of sulfonamides is 1. The lowest BCUT2D eigenvalue weighted by molar-refractivity contribution is 0.309. The molecule has 19 heavy (non-hydrogen) atoms. The molecule has 1 aliphatic rings. The molecule has 1 aromatic rings. The summed E-state index contributed by atoms with van der Waals surface area (Å²) < 4.78 is 40.0. The van der Waals surface area contributed by atoms with Crippen LogP contribution >= 0.6 is 12.4 Å². The molecule has 1 fully saturated rings. The Kier molecular flexibility index (Phi) is 5.32. The molecule has 2 rings (SSSR count). The number of benzene rings is 1. The van der Waals surface area contributed by atoms with Gasteiger partial charge in [0, 0.05) is 25.7 Å². The second-order valence-corrected chi connectivity index (χ2v) is 6.51. The Labute approximate surface area is 119 Å². The van der Waals surface area contributed by atoms with Gasteiger partial charge >= 0.3 is 0 Å². The number of nitrogens with zero attached hydrogens (tertiary/aromatic N) is 1. The van der Waals surface area contributed by atoms with E-state index < -0.39 is 15.8 Å². The van der Waals surface area contributed by atoms with Gasteiger partial charge in [-0.15, -0.1) is 12.4 Å². The molecule has 108 valence electrons. The maximum absolute atomic E-state index is 13.9. The highest BCUT2D eigenvalue weighted by molar-refractivity contribution is 7.89. The molecule has 1 saturated heterocycles. The molecular weight excluding hydrogens is 291 g/mol. The molecule has 0 saturated carbocycles. The molecule has 0 aliphatic carbocycles. The van der Waals surface area contributed by atoms with Crippen LogP contribution in [-0.4, -0.2) is 38.4 Å². The van der Waals surface area contributed by atoms with E-state index in [1.54, 1.807) is 19.1 Å². The van der Waals surface area contributed by atoms with Gasteiger partial charge in [0.2, 0.25) is 10.0 Å². The third kappa shape index (κ3) is 3.25. The van der Waals surface area contributed by atoms with Crippen LogP contribution in [0.2, 0.25) is 0 Å². The first kappa shape index (κ1) is 16.4. The molecule has 1 heterocycles. The minimum atomic E-state index is -3.73. The van der Waals surface area contributed by atoms with Crippen LogP contribution < -0.4 is 5.32 Å². The summed E-state index contributed by atoms with van der Waals surface area (Å²) >= 11 is 0.